The number of rotatable bonds is 3. The highest BCUT2D eigenvalue weighted by Crippen LogP contribution is 2.19. The molecule has 0 aromatic heterocycles. The molecule has 0 atom stereocenters. The first kappa shape index (κ1) is 14.6. The summed E-state index contributed by atoms with van der Waals surface area (Å²) in [7, 11) is 0. The Morgan fingerprint density at radius 3 is 2.14 bits per heavy atom. The minimum absolute atomic E-state index is 0.103. The molecule has 2 aromatic rings. The van der Waals surface area contributed by atoms with Crippen LogP contribution in [-0.2, 0) is 0 Å². The number of phenolic OH excluding ortho intramolecular Hbond substituents is 1. The van der Waals surface area contributed by atoms with E-state index in [1.165, 1.54) is 18.2 Å². The second-order valence-corrected chi connectivity index (χ2v) is 4.79. The minimum atomic E-state index is -1.00. The van der Waals surface area contributed by atoms with Crippen LogP contribution in [0.4, 0.5) is 5.69 Å². The normalized spacial score (nSPS) is 10.2. The Hall–Kier alpha value is -2.82. The van der Waals surface area contributed by atoms with Gasteiger partial charge in [0.2, 0.25) is 0 Å². The fourth-order valence-corrected chi connectivity index (χ4v) is 2.08. The van der Waals surface area contributed by atoms with Gasteiger partial charge < -0.3 is 15.5 Å². The summed E-state index contributed by atoms with van der Waals surface area (Å²) >= 11 is 0. The van der Waals surface area contributed by atoms with Crippen LogP contribution >= 0.6 is 0 Å². The highest BCUT2D eigenvalue weighted by molar-refractivity contribution is 6.05. The number of anilines is 1. The molecule has 0 radical (unpaired) electrons. The van der Waals surface area contributed by atoms with E-state index in [9.17, 15) is 14.7 Å². The average Bonchev–Trinajstić information content (AvgIpc) is 2.37. The number of benzene rings is 2. The van der Waals surface area contributed by atoms with Crippen LogP contribution < -0.4 is 5.32 Å². The van der Waals surface area contributed by atoms with E-state index < -0.39 is 5.97 Å². The van der Waals surface area contributed by atoms with E-state index in [1.807, 2.05) is 0 Å². The number of carboxylic acids is 1. The molecule has 5 heteroatoms. The molecule has 0 saturated carbocycles. The molecule has 21 heavy (non-hydrogen) atoms. The van der Waals surface area contributed by atoms with Gasteiger partial charge in [0.1, 0.15) is 5.75 Å². The van der Waals surface area contributed by atoms with Crippen molar-refractivity contribution in [1.29, 1.82) is 0 Å². The van der Waals surface area contributed by atoms with E-state index in [0.29, 0.717) is 22.4 Å². The number of carboxylic acid groups (broad SMARTS) is 1. The third kappa shape index (κ3) is 3.20. The topological polar surface area (TPSA) is 86.6 Å². The highest BCUT2D eigenvalue weighted by atomic mass is 16.4. The number of nitrogens with one attached hydrogen (secondary N) is 1. The van der Waals surface area contributed by atoms with Gasteiger partial charge in [-0.15, -0.1) is 0 Å². The van der Waals surface area contributed by atoms with Crippen LogP contribution in [0.25, 0.3) is 0 Å². The van der Waals surface area contributed by atoms with E-state index in [1.54, 1.807) is 32.0 Å². The number of aryl methyl sites for hydroxylation is 2. The fraction of sp³-hybridized carbons (Fsp3) is 0.125. The number of carbonyl (C=O) groups is 2. The summed E-state index contributed by atoms with van der Waals surface area (Å²) in [6.07, 6.45) is 0. The molecule has 2 rings (SSSR count). The Morgan fingerprint density at radius 2 is 1.57 bits per heavy atom. The SMILES string of the molecule is Cc1cc(NC(=O)c2ccc(O)cc2C)ccc1C(=O)O. The zero-order chi connectivity index (χ0) is 15.6. The Bertz CT molecular complexity index is 722. The quantitative estimate of drug-likeness (QED) is 0.809. The molecule has 108 valence electrons. The molecule has 0 spiro atoms. The van der Waals surface area contributed by atoms with Crippen LogP contribution in [0.5, 0.6) is 5.75 Å². The van der Waals surface area contributed by atoms with Crippen molar-refractivity contribution < 1.29 is 19.8 Å². The van der Waals surface area contributed by atoms with Gasteiger partial charge in [0.25, 0.3) is 5.91 Å². The zero-order valence-corrected chi connectivity index (χ0v) is 11.7. The largest absolute Gasteiger partial charge is 0.508 e. The van der Waals surface area contributed by atoms with Crippen molar-refractivity contribution >= 4 is 17.6 Å². The van der Waals surface area contributed by atoms with Gasteiger partial charge in [0, 0.05) is 11.3 Å². The molecule has 5 nitrogen and oxygen atoms in total. The molecule has 0 fully saturated rings. The lowest BCUT2D eigenvalue weighted by Crippen LogP contribution is -2.13. The highest BCUT2D eigenvalue weighted by Gasteiger charge is 2.12. The van der Waals surface area contributed by atoms with Crippen LogP contribution in [0.2, 0.25) is 0 Å². The lowest BCUT2D eigenvalue weighted by atomic mass is 10.1. The predicted octanol–water partition coefficient (Wildman–Crippen LogP) is 2.96. The second kappa shape index (κ2) is 5.66. The van der Waals surface area contributed by atoms with Crippen LogP contribution in [-0.4, -0.2) is 22.1 Å². The van der Waals surface area contributed by atoms with Crippen LogP contribution in [0.1, 0.15) is 31.8 Å². The number of hydrogen-bond donors (Lipinski definition) is 3. The van der Waals surface area contributed by atoms with E-state index >= 15 is 0 Å². The monoisotopic (exact) mass is 285 g/mol. The van der Waals surface area contributed by atoms with Gasteiger partial charge in [-0.1, -0.05) is 0 Å². The van der Waals surface area contributed by atoms with Crippen LogP contribution in [0, 0.1) is 13.8 Å². The first-order chi connectivity index (χ1) is 9.88. The molecular weight excluding hydrogens is 270 g/mol. The van der Waals surface area contributed by atoms with E-state index in [0.717, 1.165) is 0 Å². The fourth-order valence-electron chi connectivity index (χ4n) is 2.08. The van der Waals surface area contributed by atoms with Crippen LogP contribution in [0.15, 0.2) is 36.4 Å². The van der Waals surface area contributed by atoms with Gasteiger partial charge in [0.15, 0.2) is 0 Å². The van der Waals surface area contributed by atoms with Crippen molar-refractivity contribution in [2.75, 3.05) is 5.32 Å². The maximum atomic E-state index is 12.2. The molecule has 0 unspecified atom stereocenters. The Balaban J connectivity index is 2.23. The molecule has 0 aliphatic carbocycles. The van der Waals surface area contributed by atoms with E-state index in [2.05, 4.69) is 5.32 Å². The summed E-state index contributed by atoms with van der Waals surface area (Å²) in [5, 5.41) is 21.0. The number of aromatic hydroxyl groups is 1. The first-order valence-electron chi connectivity index (χ1n) is 6.33. The number of aromatic carboxylic acids is 1. The van der Waals surface area contributed by atoms with Gasteiger partial charge >= 0.3 is 5.97 Å². The molecule has 0 aliphatic heterocycles. The summed E-state index contributed by atoms with van der Waals surface area (Å²) < 4.78 is 0. The van der Waals surface area contributed by atoms with Crippen molar-refractivity contribution in [3.8, 4) is 5.75 Å². The Morgan fingerprint density at radius 1 is 0.952 bits per heavy atom. The molecule has 0 saturated heterocycles. The average molecular weight is 285 g/mol. The minimum Gasteiger partial charge on any atom is -0.508 e. The van der Waals surface area contributed by atoms with Gasteiger partial charge in [-0.25, -0.2) is 4.79 Å². The summed E-state index contributed by atoms with van der Waals surface area (Å²) in [4.78, 5) is 23.1. The lowest BCUT2D eigenvalue weighted by molar-refractivity contribution is 0.0696. The Labute approximate surface area is 121 Å². The smallest absolute Gasteiger partial charge is 0.335 e. The first-order valence-corrected chi connectivity index (χ1v) is 6.33. The summed E-state index contributed by atoms with van der Waals surface area (Å²) in [6.45, 7) is 3.40. The third-order valence-electron chi connectivity index (χ3n) is 3.17. The maximum absolute atomic E-state index is 12.2. The third-order valence-corrected chi connectivity index (χ3v) is 3.17. The standard InChI is InChI=1S/C16H15NO4/c1-9-7-11(3-5-14(9)16(20)21)17-15(19)13-6-4-12(18)8-10(13)2/h3-8,18H,1-2H3,(H,17,19)(H,20,21). The molecule has 0 heterocycles. The van der Waals surface area contributed by atoms with Crippen molar-refractivity contribution in [3.63, 3.8) is 0 Å². The van der Waals surface area contributed by atoms with Crippen molar-refractivity contribution in [1.82, 2.24) is 0 Å². The summed E-state index contributed by atoms with van der Waals surface area (Å²) in [5.74, 6) is -1.21. The number of phenols is 1. The molecule has 1 amide bonds. The molecule has 0 aliphatic rings. The van der Waals surface area contributed by atoms with Crippen LogP contribution in [0.3, 0.4) is 0 Å². The number of amides is 1. The van der Waals surface area contributed by atoms with Gasteiger partial charge in [0.05, 0.1) is 5.56 Å². The molecule has 2 aromatic carbocycles. The summed E-state index contributed by atoms with van der Waals surface area (Å²) in [5.41, 5.74) is 2.41. The van der Waals surface area contributed by atoms with Crippen molar-refractivity contribution in [2.24, 2.45) is 0 Å². The number of carbonyl (C=O) groups excluding carboxylic acids is 1. The van der Waals surface area contributed by atoms with Gasteiger partial charge in [-0.05, 0) is 61.4 Å². The molecular formula is C16H15NO4. The maximum Gasteiger partial charge on any atom is 0.335 e. The summed E-state index contributed by atoms with van der Waals surface area (Å²) in [6, 6.07) is 9.10. The zero-order valence-electron chi connectivity index (χ0n) is 11.7. The van der Waals surface area contributed by atoms with Crippen molar-refractivity contribution in [2.45, 2.75) is 13.8 Å². The molecule has 3 N–H and O–H groups in total. The Kier molecular flexibility index (Phi) is 3.93. The second-order valence-electron chi connectivity index (χ2n) is 4.79. The van der Waals surface area contributed by atoms with Gasteiger partial charge in [-0.3, -0.25) is 4.79 Å². The number of hydrogen-bond acceptors (Lipinski definition) is 3. The van der Waals surface area contributed by atoms with E-state index in [-0.39, 0.29) is 17.2 Å². The van der Waals surface area contributed by atoms with E-state index in [4.69, 9.17) is 5.11 Å². The van der Waals surface area contributed by atoms with Gasteiger partial charge in [-0.2, -0.15) is 0 Å². The van der Waals surface area contributed by atoms with Crippen molar-refractivity contribution in [3.05, 3.63) is 58.7 Å². The molecule has 0 bridgehead atoms. The lowest BCUT2D eigenvalue weighted by Gasteiger charge is -2.09. The predicted molar refractivity (Wildman–Crippen MR) is 78.9 cm³/mol.